The van der Waals surface area contributed by atoms with Gasteiger partial charge in [0, 0.05) is 24.9 Å². The zero-order valence-corrected chi connectivity index (χ0v) is 15.7. The maximum atomic E-state index is 12.2. The van der Waals surface area contributed by atoms with Crippen molar-refractivity contribution in [3.63, 3.8) is 0 Å². The molecule has 1 aromatic heterocycles. The van der Waals surface area contributed by atoms with Gasteiger partial charge in [0.15, 0.2) is 0 Å². The van der Waals surface area contributed by atoms with E-state index in [9.17, 15) is 4.79 Å². The minimum Gasteiger partial charge on any atom is -0.383 e. The average molecular weight is 344 g/mol. The Morgan fingerprint density at radius 2 is 2.08 bits per heavy atom. The van der Waals surface area contributed by atoms with E-state index >= 15 is 0 Å². The molecule has 1 amide bonds. The molecular weight excluding hydrogens is 316 g/mol. The fourth-order valence-electron chi connectivity index (χ4n) is 2.83. The van der Waals surface area contributed by atoms with Crippen molar-refractivity contribution in [2.75, 3.05) is 33.9 Å². The molecule has 136 valence electrons. The minimum absolute atomic E-state index is 0.00542. The predicted octanol–water partition coefficient (Wildman–Crippen LogP) is 2.24. The van der Waals surface area contributed by atoms with Crippen molar-refractivity contribution in [2.45, 2.75) is 26.8 Å². The lowest BCUT2D eigenvalue weighted by Gasteiger charge is -2.19. The minimum atomic E-state index is -0.0962. The van der Waals surface area contributed by atoms with Crippen molar-refractivity contribution in [1.82, 2.24) is 20.0 Å². The number of nitrogens with one attached hydrogen (secondary N) is 1. The Morgan fingerprint density at radius 1 is 1.36 bits per heavy atom. The third-order valence-corrected chi connectivity index (χ3v) is 4.33. The predicted molar refractivity (Wildman–Crippen MR) is 99.0 cm³/mol. The van der Waals surface area contributed by atoms with E-state index in [0.29, 0.717) is 13.2 Å². The molecule has 0 radical (unpaired) electrons. The van der Waals surface area contributed by atoms with Crippen LogP contribution in [0.5, 0.6) is 0 Å². The Bertz CT molecular complexity index is 711. The lowest BCUT2D eigenvalue weighted by molar-refractivity contribution is -0.122. The Morgan fingerprint density at radius 3 is 2.76 bits per heavy atom. The van der Waals surface area contributed by atoms with Crippen LogP contribution in [0, 0.1) is 13.8 Å². The Kier molecular flexibility index (Phi) is 6.73. The number of likely N-dealkylation sites (N-methyl/N-ethyl adjacent to an activating group) is 1. The zero-order chi connectivity index (χ0) is 18.4. The Hall–Kier alpha value is -2.18. The van der Waals surface area contributed by atoms with Gasteiger partial charge >= 0.3 is 0 Å². The van der Waals surface area contributed by atoms with Crippen LogP contribution in [0.1, 0.15) is 29.8 Å². The molecule has 0 fully saturated rings. The molecule has 0 bridgehead atoms. The molecule has 1 aromatic carbocycles. The number of nitrogens with zero attached hydrogens (tertiary/aromatic N) is 3. The van der Waals surface area contributed by atoms with Crippen molar-refractivity contribution >= 4 is 5.91 Å². The van der Waals surface area contributed by atoms with Gasteiger partial charge in [-0.1, -0.05) is 18.2 Å². The zero-order valence-electron chi connectivity index (χ0n) is 15.7. The van der Waals surface area contributed by atoms with E-state index in [4.69, 9.17) is 4.74 Å². The van der Waals surface area contributed by atoms with Gasteiger partial charge in [-0.15, -0.1) is 0 Å². The quantitative estimate of drug-likeness (QED) is 0.798. The molecule has 2 aromatic rings. The van der Waals surface area contributed by atoms with E-state index in [-0.39, 0.29) is 11.9 Å². The largest absolute Gasteiger partial charge is 0.383 e. The summed E-state index contributed by atoms with van der Waals surface area (Å²) in [5, 5.41) is 7.56. The van der Waals surface area contributed by atoms with Gasteiger partial charge in [-0.3, -0.25) is 9.69 Å². The smallest absolute Gasteiger partial charge is 0.234 e. The van der Waals surface area contributed by atoms with Crippen LogP contribution >= 0.6 is 0 Å². The van der Waals surface area contributed by atoms with Crippen LogP contribution in [0.3, 0.4) is 0 Å². The number of rotatable bonds is 8. The molecule has 2 rings (SSSR count). The molecular formula is C19H28N4O2. The van der Waals surface area contributed by atoms with Crippen molar-refractivity contribution in [2.24, 2.45) is 0 Å². The van der Waals surface area contributed by atoms with E-state index in [1.54, 1.807) is 7.11 Å². The normalized spacial score (nSPS) is 12.4. The fourth-order valence-corrected chi connectivity index (χ4v) is 2.83. The van der Waals surface area contributed by atoms with E-state index in [2.05, 4.69) is 23.4 Å². The summed E-state index contributed by atoms with van der Waals surface area (Å²) in [5.41, 5.74) is 4.28. The van der Waals surface area contributed by atoms with Gasteiger partial charge in [-0.2, -0.15) is 5.10 Å². The third kappa shape index (κ3) is 4.90. The van der Waals surface area contributed by atoms with Gasteiger partial charge in [-0.25, -0.2) is 4.68 Å². The molecule has 1 heterocycles. The van der Waals surface area contributed by atoms with Crippen LogP contribution in [-0.2, 0) is 9.53 Å². The lowest BCUT2D eigenvalue weighted by Crippen LogP contribution is -2.37. The maximum absolute atomic E-state index is 12.2. The molecule has 6 nitrogen and oxygen atoms in total. The number of ether oxygens (including phenoxy) is 1. The molecule has 0 saturated carbocycles. The highest BCUT2D eigenvalue weighted by Gasteiger charge is 2.17. The highest BCUT2D eigenvalue weighted by molar-refractivity contribution is 5.78. The average Bonchev–Trinajstić information content (AvgIpc) is 2.94. The Labute approximate surface area is 149 Å². The number of hydrogen-bond acceptors (Lipinski definition) is 4. The second kappa shape index (κ2) is 8.78. The number of carbonyl (C=O) groups is 1. The fraction of sp³-hybridized carbons (Fsp3) is 0.474. The van der Waals surface area contributed by atoms with Crippen molar-refractivity contribution in [3.8, 4) is 5.69 Å². The van der Waals surface area contributed by atoms with Gasteiger partial charge in [-0.05, 0) is 39.4 Å². The first-order valence-electron chi connectivity index (χ1n) is 8.51. The number of hydrogen-bond donors (Lipinski definition) is 1. The summed E-state index contributed by atoms with van der Waals surface area (Å²) in [6, 6.07) is 8.04. The van der Waals surface area contributed by atoms with Crippen LogP contribution in [0.2, 0.25) is 0 Å². The highest BCUT2D eigenvalue weighted by Crippen LogP contribution is 2.21. The van der Waals surface area contributed by atoms with E-state index in [1.807, 2.05) is 54.9 Å². The van der Waals surface area contributed by atoms with Crippen molar-refractivity contribution in [3.05, 3.63) is 47.3 Å². The van der Waals surface area contributed by atoms with Gasteiger partial charge in [0.1, 0.15) is 0 Å². The van der Waals surface area contributed by atoms with E-state index in [0.717, 1.165) is 29.1 Å². The van der Waals surface area contributed by atoms with E-state index in [1.165, 1.54) is 0 Å². The first-order valence-corrected chi connectivity index (χ1v) is 8.51. The number of methoxy groups -OCH3 is 1. The van der Waals surface area contributed by atoms with Crippen LogP contribution in [0.4, 0.5) is 0 Å². The number of aryl methyl sites for hydroxylation is 1. The molecule has 1 N–H and O–H groups in total. The van der Waals surface area contributed by atoms with E-state index < -0.39 is 0 Å². The van der Waals surface area contributed by atoms with Crippen LogP contribution in [-0.4, -0.2) is 54.4 Å². The second-order valence-electron chi connectivity index (χ2n) is 6.40. The number of carbonyl (C=O) groups excluding carboxylic acids is 1. The summed E-state index contributed by atoms with van der Waals surface area (Å²) >= 11 is 0. The highest BCUT2D eigenvalue weighted by atomic mass is 16.5. The summed E-state index contributed by atoms with van der Waals surface area (Å²) in [5.74, 6) is -0.00542. The van der Waals surface area contributed by atoms with Crippen molar-refractivity contribution in [1.29, 1.82) is 0 Å². The van der Waals surface area contributed by atoms with Gasteiger partial charge in [0.05, 0.1) is 31.1 Å². The van der Waals surface area contributed by atoms with Crippen LogP contribution in [0.15, 0.2) is 30.5 Å². The summed E-state index contributed by atoms with van der Waals surface area (Å²) in [4.78, 5) is 14.2. The SMILES string of the molecule is COCCN(C)CC(=O)NC(C)c1cnn(-c2ccccc2C)c1C. The van der Waals surface area contributed by atoms with Gasteiger partial charge in [0.2, 0.25) is 5.91 Å². The van der Waals surface area contributed by atoms with Crippen LogP contribution in [0.25, 0.3) is 5.69 Å². The molecule has 1 unspecified atom stereocenters. The molecule has 0 aliphatic heterocycles. The maximum Gasteiger partial charge on any atom is 0.234 e. The van der Waals surface area contributed by atoms with Crippen LogP contribution < -0.4 is 5.32 Å². The molecule has 0 saturated heterocycles. The standard InChI is InChI=1S/C19H28N4O2/c1-14-8-6-7-9-18(14)23-16(3)17(12-20-23)15(2)21-19(24)13-22(4)10-11-25-5/h6-9,12,15H,10-11,13H2,1-5H3,(H,21,24). The van der Waals surface area contributed by atoms with Gasteiger partial charge < -0.3 is 10.1 Å². The molecule has 0 aliphatic carbocycles. The second-order valence-corrected chi connectivity index (χ2v) is 6.40. The topological polar surface area (TPSA) is 59.4 Å². The molecule has 6 heteroatoms. The summed E-state index contributed by atoms with van der Waals surface area (Å²) < 4.78 is 6.96. The summed E-state index contributed by atoms with van der Waals surface area (Å²) in [6.07, 6.45) is 1.83. The summed E-state index contributed by atoms with van der Waals surface area (Å²) in [6.45, 7) is 7.77. The summed E-state index contributed by atoms with van der Waals surface area (Å²) in [7, 11) is 3.57. The molecule has 0 aliphatic rings. The number of amides is 1. The number of benzene rings is 1. The Balaban J connectivity index is 2.04. The number of aromatic nitrogens is 2. The molecule has 0 spiro atoms. The molecule has 25 heavy (non-hydrogen) atoms. The first-order chi connectivity index (χ1) is 11.9. The van der Waals surface area contributed by atoms with Crippen molar-refractivity contribution < 1.29 is 9.53 Å². The monoisotopic (exact) mass is 344 g/mol. The molecule has 1 atom stereocenters. The first kappa shape index (κ1) is 19.1. The lowest BCUT2D eigenvalue weighted by atomic mass is 10.1. The van der Waals surface area contributed by atoms with Gasteiger partial charge in [0.25, 0.3) is 0 Å². The number of para-hydroxylation sites is 1. The third-order valence-electron chi connectivity index (χ3n) is 4.33.